The molecule has 9 amide bonds. The molecule has 3 aliphatic rings. The SMILES string of the molecule is CCCN(CCC)C(=O)C1=Cc2ccc(C(=O)Nc3cnc4c(c3)CN(C(=O)OCc3ccc(NC(=O)C(CCCNC=O)NC(=O)CNC(=O)CCCCCN5C(=O)C=CC5=O)cc3)CC4)cc2N=C(N)C1. The molecule has 21 nitrogen and oxygen atoms in total. The van der Waals surface area contributed by atoms with Crippen LogP contribution in [0.3, 0.4) is 0 Å². The summed E-state index contributed by atoms with van der Waals surface area (Å²) < 4.78 is 5.65. The van der Waals surface area contributed by atoms with E-state index < -0.39 is 29.9 Å². The summed E-state index contributed by atoms with van der Waals surface area (Å²) in [4.78, 5) is 126. The monoisotopic (exact) mass is 1000 g/mol. The van der Waals surface area contributed by atoms with Crippen LogP contribution in [0.1, 0.15) is 104 Å². The van der Waals surface area contributed by atoms with Gasteiger partial charge in [-0.3, -0.25) is 48.2 Å². The van der Waals surface area contributed by atoms with Gasteiger partial charge < -0.3 is 46.9 Å². The van der Waals surface area contributed by atoms with Crippen LogP contribution in [0.4, 0.5) is 21.9 Å². The van der Waals surface area contributed by atoms with Gasteiger partial charge in [0.2, 0.25) is 30.0 Å². The molecule has 0 aliphatic carbocycles. The van der Waals surface area contributed by atoms with Crippen LogP contribution in [-0.4, -0.2) is 125 Å². The number of rotatable bonds is 25. The molecule has 0 bridgehead atoms. The van der Waals surface area contributed by atoms with Crippen molar-refractivity contribution in [2.45, 2.75) is 97.2 Å². The predicted octanol–water partition coefficient (Wildman–Crippen LogP) is 4.00. The van der Waals surface area contributed by atoms with Gasteiger partial charge >= 0.3 is 6.09 Å². The first-order valence-corrected chi connectivity index (χ1v) is 24.6. The molecule has 2 aromatic carbocycles. The zero-order chi connectivity index (χ0) is 52.3. The van der Waals surface area contributed by atoms with Gasteiger partial charge in [-0.1, -0.05) is 38.5 Å². The van der Waals surface area contributed by atoms with Crippen molar-refractivity contribution < 1.29 is 47.9 Å². The van der Waals surface area contributed by atoms with Crippen LogP contribution in [0, 0.1) is 0 Å². The Hall–Kier alpha value is -8.23. The molecular weight excluding hydrogens is 939 g/mol. The van der Waals surface area contributed by atoms with Crippen molar-refractivity contribution in [1.29, 1.82) is 0 Å². The fourth-order valence-corrected chi connectivity index (χ4v) is 8.36. The first-order chi connectivity index (χ1) is 35.2. The van der Waals surface area contributed by atoms with Crippen LogP contribution in [0.2, 0.25) is 0 Å². The largest absolute Gasteiger partial charge is 0.445 e. The summed E-state index contributed by atoms with van der Waals surface area (Å²) in [5, 5.41) is 13.4. The minimum Gasteiger partial charge on any atom is -0.445 e. The third kappa shape index (κ3) is 15.9. The third-order valence-corrected chi connectivity index (χ3v) is 12.1. The van der Waals surface area contributed by atoms with Gasteiger partial charge in [-0.25, -0.2) is 9.79 Å². The molecule has 3 aromatic rings. The quantitative estimate of drug-likeness (QED) is 0.0399. The number of unbranched alkanes of at least 4 members (excludes halogenated alkanes) is 2. The Balaban J connectivity index is 0.955. The van der Waals surface area contributed by atoms with Gasteiger partial charge in [0.15, 0.2) is 0 Å². The van der Waals surface area contributed by atoms with Gasteiger partial charge in [0.05, 0.1) is 30.7 Å². The van der Waals surface area contributed by atoms with Gasteiger partial charge in [-0.15, -0.1) is 0 Å². The Bertz CT molecular complexity index is 2620. The van der Waals surface area contributed by atoms with Gasteiger partial charge in [0, 0.05) is 92.2 Å². The number of carbonyl (C=O) groups is 9. The number of ether oxygens (including phenoxy) is 1. The predicted molar refractivity (Wildman–Crippen MR) is 272 cm³/mol. The molecule has 73 heavy (non-hydrogen) atoms. The number of nitrogens with two attached hydrogens (primary N) is 1. The minimum absolute atomic E-state index is 0.0583. The second-order valence-corrected chi connectivity index (χ2v) is 17.8. The third-order valence-electron chi connectivity index (χ3n) is 12.1. The number of fused-ring (bicyclic) bond motifs is 2. The first-order valence-electron chi connectivity index (χ1n) is 24.6. The number of pyridine rings is 1. The highest BCUT2D eigenvalue weighted by atomic mass is 16.6. The minimum atomic E-state index is -0.991. The number of benzene rings is 2. The summed E-state index contributed by atoms with van der Waals surface area (Å²) in [5.74, 6) is -2.39. The maximum Gasteiger partial charge on any atom is 0.410 e. The molecule has 6 rings (SSSR count). The summed E-state index contributed by atoms with van der Waals surface area (Å²) in [5.41, 5.74) is 11.3. The maximum absolute atomic E-state index is 13.5. The van der Waals surface area contributed by atoms with Crippen molar-refractivity contribution in [1.82, 2.24) is 35.6 Å². The average molecular weight is 1000 g/mol. The molecule has 1 aromatic heterocycles. The second-order valence-electron chi connectivity index (χ2n) is 17.8. The number of nitrogens with zero attached hydrogens (tertiary/aromatic N) is 5. The summed E-state index contributed by atoms with van der Waals surface area (Å²) >= 11 is 0. The number of amidine groups is 1. The first kappa shape index (κ1) is 54.1. The highest BCUT2D eigenvalue weighted by Gasteiger charge is 2.26. The van der Waals surface area contributed by atoms with E-state index in [1.807, 2.05) is 18.7 Å². The number of hydrogen-bond donors (Lipinski definition) is 6. The van der Waals surface area contributed by atoms with Crippen LogP contribution in [0.5, 0.6) is 0 Å². The number of aromatic nitrogens is 1. The molecule has 0 fully saturated rings. The van der Waals surface area contributed by atoms with Crippen molar-refractivity contribution in [2.75, 3.05) is 49.9 Å². The number of aliphatic imine (C=N–C) groups is 1. The van der Waals surface area contributed by atoms with Gasteiger partial charge in [-0.2, -0.15) is 0 Å². The molecule has 1 atom stereocenters. The number of imide groups is 1. The molecule has 0 radical (unpaired) electrons. The number of anilines is 2. The molecular formula is C52H63N11O10. The van der Waals surface area contributed by atoms with E-state index in [2.05, 4.69) is 36.6 Å². The van der Waals surface area contributed by atoms with E-state index in [-0.39, 0.29) is 81.5 Å². The molecule has 3 aliphatic heterocycles. The zero-order valence-corrected chi connectivity index (χ0v) is 41.2. The second kappa shape index (κ2) is 26.8. The van der Waals surface area contributed by atoms with Crippen molar-refractivity contribution in [3.05, 3.63) is 100 Å². The van der Waals surface area contributed by atoms with Crippen molar-refractivity contribution in [3.63, 3.8) is 0 Å². The van der Waals surface area contributed by atoms with Crippen molar-refractivity contribution in [2.24, 2.45) is 10.7 Å². The smallest absolute Gasteiger partial charge is 0.410 e. The van der Waals surface area contributed by atoms with Crippen LogP contribution in [-0.2, 0) is 57.9 Å². The summed E-state index contributed by atoms with van der Waals surface area (Å²) in [6, 6.07) is 12.5. The lowest BCUT2D eigenvalue weighted by Crippen LogP contribution is -2.47. The summed E-state index contributed by atoms with van der Waals surface area (Å²) in [6.45, 7) is 6.03. The lowest BCUT2D eigenvalue weighted by molar-refractivity contribution is -0.137. The van der Waals surface area contributed by atoms with E-state index >= 15 is 0 Å². The number of carbonyl (C=O) groups excluding carboxylic acids is 9. The maximum atomic E-state index is 13.5. The Labute approximate surface area is 423 Å². The summed E-state index contributed by atoms with van der Waals surface area (Å²) in [6.07, 6.45) is 10.4. The highest BCUT2D eigenvalue weighted by Crippen LogP contribution is 2.29. The zero-order valence-electron chi connectivity index (χ0n) is 41.2. The molecule has 1 unspecified atom stereocenters. The van der Waals surface area contributed by atoms with E-state index in [4.69, 9.17) is 10.5 Å². The van der Waals surface area contributed by atoms with Crippen LogP contribution in [0.25, 0.3) is 6.08 Å². The van der Waals surface area contributed by atoms with E-state index in [1.54, 1.807) is 65.7 Å². The van der Waals surface area contributed by atoms with Gasteiger partial charge in [-0.05, 0) is 86.1 Å². The topological polar surface area (TPSA) is 284 Å². The molecule has 386 valence electrons. The standard InChI is InChI=1S/C52H63N11O10/c1-3-21-61(22-4-2)51(71)37-25-35-13-14-36(27-43(35)59-44(53)28-37)49(69)58-40-26-38-31-62(24-19-41(38)55-29-40)52(72)73-32-34-11-15-39(16-12-34)57-50(70)42(9-8-20-54-33-64)60-46(66)30-56-45(65)10-6-5-7-23-63-47(67)17-18-48(63)68/h11-18,25-27,29,33,42H,3-10,19-24,28,30-32H2,1-2H3,(H2,53,59)(H,54,64)(H,56,65)(H,57,70)(H,58,69)(H,60,66). The van der Waals surface area contributed by atoms with Gasteiger partial charge in [0.25, 0.3) is 17.7 Å². The van der Waals surface area contributed by atoms with Crippen LogP contribution in [0.15, 0.2) is 77.4 Å². The van der Waals surface area contributed by atoms with E-state index in [0.717, 1.165) is 29.0 Å². The Morgan fingerprint density at radius 3 is 2.37 bits per heavy atom. The Kier molecular flexibility index (Phi) is 19.9. The highest BCUT2D eigenvalue weighted by molar-refractivity contribution is 6.13. The van der Waals surface area contributed by atoms with Gasteiger partial charge in [0.1, 0.15) is 18.5 Å². The van der Waals surface area contributed by atoms with Crippen molar-refractivity contribution in [3.8, 4) is 0 Å². The lowest BCUT2D eigenvalue weighted by Gasteiger charge is -2.28. The molecule has 0 saturated heterocycles. The fourth-order valence-electron chi connectivity index (χ4n) is 8.36. The van der Waals surface area contributed by atoms with Crippen molar-refractivity contribution >= 4 is 82.8 Å². The molecule has 7 N–H and O–H groups in total. The fraction of sp³-hybridized carbons (Fsp3) is 0.404. The van der Waals surface area contributed by atoms with Crippen LogP contribution >= 0.6 is 0 Å². The number of nitrogens with one attached hydrogen (secondary N) is 5. The summed E-state index contributed by atoms with van der Waals surface area (Å²) in [7, 11) is 0. The number of hydrogen-bond acceptors (Lipinski definition) is 13. The van der Waals surface area contributed by atoms with E-state index in [0.29, 0.717) is 97.5 Å². The normalized spacial score (nSPS) is 14.1. The Morgan fingerprint density at radius 2 is 1.64 bits per heavy atom. The molecule has 21 heteroatoms. The Morgan fingerprint density at radius 1 is 0.890 bits per heavy atom. The average Bonchev–Trinajstić information content (AvgIpc) is 3.59. The van der Waals surface area contributed by atoms with E-state index in [1.165, 1.54) is 12.2 Å². The molecule has 0 saturated carbocycles. The number of amides is 9. The van der Waals surface area contributed by atoms with E-state index in [9.17, 15) is 43.2 Å². The van der Waals surface area contributed by atoms with Crippen LogP contribution < -0.4 is 32.3 Å². The molecule has 0 spiro atoms. The lowest BCUT2D eigenvalue weighted by atomic mass is 10.0. The molecule has 4 heterocycles.